The number of carbonyl (C=O) groups excluding carboxylic acids is 1. The molecule has 0 aromatic heterocycles. The predicted molar refractivity (Wildman–Crippen MR) is 69.8 cm³/mol. The molecule has 0 bridgehead atoms. The molecule has 2 atom stereocenters. The van der Waals surface area contributed by atoms with Crippen molar-refractivity contribution in [3.05, 3.63) is 35.9 Å². The third-order valence-electron chi connectivity index (χ3n) is 2.44. The lowest BCUT2D eigenvalue weighted by molar-refractivity contribution is -0.139. The molecule has 19 heavy (non-hydrogen) atoms. The van der Waals surface area contributed by atoms with Crippen LogP contribution in [0.25, 0.3) is 0 Å². The summed E-state index contributed by atoms with van der Waals surface area (Å²) >= 11 is 0. The highest BCUT2D eigenvalue weighted by Gasteiger charge is 2.20. The average molecular weight is 266 g/mol. The van der Waals surface area contributed by atoms with Crippen LogP contribution in [-0.4, -0.2) is 40.9 Å². The van der Waals surface area contributed by atoms with Gasteiger partial charge in [-0.2, -0.15) is 0 Å². The van der Waals surface area contributed by atoms with E-state index in [1.165, 1.54) is 6.92 Å². The normalized spacial score (nSPS) is 13.4. The molecule has 0 fully saturated rings. The number of aliphatic hydroxyl groups excluding tert-OH is 1. The van der Waals surface area contributed by atoms with E-state index in [9.17, 15) is 9.59 Å². The van der Waals surface area contributed by atoms with Crippen molar-refractivity contribution in [2.24, 2.45) is 0 Å². The first-order chi connectivity index (χ1) is 8.99. The smallest absolute Gasteiger partial charge is 0.326 e. The molecule has 2 amide bonds. The maximum absolute atomic E-state index is 11.5. The number of aliphatic hydroxyl groups is 1. The van der Waals surface area contributed by atoms with E-state index in [2.05, 4.69) is 10.6 Å². The van der Waals surface area contributed by atoms with Crippen LogP contribution >= 0.6 is 0 Å². The average Bonchev–Trinajstić information content (AvgIpc) is 2.36. The van der Waals surface area contributed by atoms with E-state index in [0.717, 1.165) is 5.56 Å². The molecule has 104 valence electrons. The predicted octanol–water partition coefficient (Wildman–Crippen LogP) is 0.362. The van der Waals surface area contributed by atoms with E-state index in [0.29, 0.717) is 0 Å². The summed E-state index contributed by atoms with van der Waals surface area (Å²) in [5.41, 5.74) is 0.825. The highest BCUT2D eigenvalue weighted by Crippen LogP contribution is 2.03. The Kier molecular flexibility index (Phi) is 5.81. The third kappa shape index (κ3) is 5.87. The summed E-state index contributed by atoms with van der Waals surface area (Å²) in [6.45, 7) is 1.60. The Labute approximate surface area is 111 Å². The van der Waals surface area contributed by atoms with Gasteiger partial charge in [0.25, 0.3) is 0 Å². The molecule has 0 saturated carbocycles. The fourth-order valence-electron chi connectivity index (χ4n) is 1.50. The number of carboxylic acids is 1. The molecule has 1 unspecified atom stereocenters. The lowest BCUT2D eigenvalue weighted by atomic mass is 10.1. The molecule has 0 aliphatic carbocycles. The van der Waals surface area contributed by atoms with Crippen molar-refractivity contribution < 1.29 is 19.8 Å². The van der Waals surface area contributed by atoms with E-state index in [4.69, 9.17) is 10.2 Å². The number of urea groups is 1. The van der Waals surface area contributed by atoms with Crippen LogP contribution in [0.1, 0.15) is 12.5 Å². The first-order valence-electron chi connectivity index (χ1n) is 5.98. The lowest BCUT2D eigenvalue weighted by Crippen LogP contribution is -2.48. The van der Waals surface area contributed by atoms with Crippen LogP contribution in [0.2, 0.25) is 0 Å². The number of hydrogen-bond donors (Lipinski definition) is 4. The first-order valence-corrected chi connectivity index (χ1v) is 5.98. The molecule has 0 heterocycles. The number of aliphatic carboxylic acids is 1. The van der Waals surface area contributed by atoms with Gasteiger partial charge in [0.05, 0.1) is 6.10 Å². The van der Waals surface area contributed by atoms with Crippen LogP contribution in [0, 0.1) is 0 Å². The second-order valence-electron chi connectivity index (χ2n) is 4.28. The number of nitrogens with one attached hydrogen (secondary N) is 2. The second kappa shape index (κ2) is 7.38. The zero-order valence-corrected chi connectivity index (χ0v) is 10.7. The van der Waals surface area contributed by atoms with E-state index in [-0.39, 0.29) is 13.0 Å². The number of hydrogen-bond acceptors (Lipinski definition) is 3. The van der Waals surface area contributed by atoms with Gasteiger partial charge in [-0.25, -0.2) is 9.59 Å². The largest absolute Gasteiger partial charge is 0.480 e. The minimum Gasteiger partial charge on any atom is -0.480 e. The second-order valence-corrected chi connectivity index (χ2v) is 4.28. The van der Waals surface area contributed by atoms with Crippen molar-refractivity contribution in [3.8, 4) is 0 Å². The van der Waals surface area contributed by atoms with E-state index >= 15 is 0 Å². The summed E-state index contributed by atoms with van der Waals surface area (Å²) in [7, 11) is 0. The van der Waals surface area contributed by atoms with Gasteiger partial charge in [-0.3, -0.25) is 0 Å². The Morgan fingerprint density at radius 1 is 1.26 bits per heavy atom. The van der Waals surface area contributed by atoms with E-state index in [1.807, 2.05) is 18.2 Å². The molecule has 1 aromatic rings. The van der Waals surface area contributed by atoms with E-state index in [1.54, 1.807) is 12.1 Å². The third-order valence-corrected chi connectivity index (χ3v) is 2.44. The molecule has 0 aliphatic heterocycles. The van der Waals surface area contributed by atoms with E-state index < -0.39 is 24.1 Å². The number of carboxylic acid groups (broad SMARTS) is 1. The topological polar surface area (TPSA) is 98.7 Å². The van der Waals surface area contributed by atoms with Gasteiger partial charge < -0.3 is 20.8 Å². The molecular weight excluding hydrogens is 248 g/mol. The summed E-state index contributed by atoms with van der Waals surface area (Å²) in [6.07, 6.45) is -0.471. The van der Waals surface area contributed by atoms with Crippen LogP contribution in [0.15, 0.2) is 30.3 Å². The maximum Gasteiger partial charge on any atom is 0.326 e. The molecule has 0 saturated heterocycles. The minimum atomic E-state index is -1.10. The van der Waals surface area contributed by atoms with Crippen molar-refractivity contribution in [1.29, 1.82) is 0 Å². The van der Waals surface area contributed by atoms with Crippen LogP contribution in [0.5, 0.6) is 0 Å². The maximum atomic E-state index is 11.5. The van der Waals surface area contributed by atoms with Crippen molar-refractivity contribution in [2.45, 2.75) is 25.5 Å². The molecule has 0 radical (unpaired) electrons. The van der Waals surface area contributed by atoms with Gasteiger partial charge in [-0.05, 0) is 12.5 Å². The molecular formula is C13H18N2O4. The molecule has 1 rings (SSSR count). The van der Waals surface area contributed by atoms with Crippen LogP contribution in [0.3, 0.4) is 0 Å². The van der Waals surface area contributed by atoms with Crippen molar-refractivity contribution in [1.82, 2.24) is 10.6 Å². The molecule has 0 spiro atoms. The van der Waals surface area contributed by atoms with Gasteiger partial charge in [-0.1, -0.05) is 30.3 Å². The van der Waals surface area contributed by atoms with Gasteiger partial charge in [0.1, 0.15) is 6.04 Å². The summed E-state index contributed by atoms with van der Waals surface area (Å²) in [5.74, 6) is -1.10. The van der Waals surface area contributed by atoms with Gasteiger partial charge >= 0.3 is 12.0 Å². The SMILES string of the molecule is CC(O)CNC(=O)N[C@@H](Cc1ccccc1)C(=O)O. The zero-order chi connectivity index (χ0) is 14.3. The van der Waals surface area contributed by atoms with Gasteiger partial charge in [0.15, 0.2) is 0 Å². The fraction of sp³-hybridized carbons (Fsp3) is 0.385. The molecule has 4 N–H and O–H groups in total. The lowest BCUT2D eigenvalue weighted by Gasteiger charge is -2.15. The van der Waals surface area contributed by atoms with Crippen molar-refractivity contribution >= 4 is 12.0 Å². The quantitative estimate of drug-likeness (QED) is 0.597. The Bertz CT molecular complexity index is 420. The van der Waals surface area contributed by atoms with Gasteiger partial charge in [0.2, 0.25) is 0 Å². The Balaban J connectivity index is 2.54. The summed E-state index contributed by atoms with van der Waals surface area (Å²) in [5, 5.41) is 22.8. The first kappa shape index (κ1) is 15.0. The highest BCUT2D eigenvalue weighted by molar-refractivity contribution is 5.82. The van der Waals surface area contributed by atoms with Crippen LogP contribution in [-0.2, 0) is 11.2 Å². The number of benzene rings is 1. The number of carbonyl (C=O) groups is 2. The highest BCUT2D eigenvalue weighted by atomic mass is 16.4. The van der Waals surface area contributed by atoms with Gasteiger partial charge in [0, 0.05) is 13.0 Å². The fourth-order valence-corrected chi connectivity index (χ4v) is 1.50. The number of amides is 2. The molecule has 0 aliphatic rings. The summed E-state index contributed by atoms with van der Waals surface area (Å²) in [6, 6.07) is 7.43. The summed E-state index contributed by atoms with van der Waals surface area (Å²) < 4.78 is 0. The van der Waals surface area contributed by atoms with Gasteiger partial charge in [-0.15, -0.1) is 0 Å². The number of rotatable bonds is 6. The molecule has 1 aromatic carbocycles. The molecule has 6 nitrogen and oxygen atoms in total. The minimum absolute atomic E-state index is 0.0729. The zero-order valence-electron chi connectivity index (χ0n) is 10.7. The Morgan fingerprint density at radius 3 is 2.42 bits per heavy atom. The van der Waals surface area contributed by atoms with Crippen molar-refractivity contribution in [3.63, 3.8) is 0 Å². The van der Waals surface area contributed by atoms with Crippen LogP contribution in [0.4, 0.5) is 4.79 Å². The molecule has 6 heteroatoms. The van der Waals surface area contributed by atoms with Crippen LogP contribution < -0.4 is 10.6 Å². The standard InChI is InChI=1S/C13H18N2O4/c1-9(16)8-14-13(19)15-11(12(17)18)7-10-5-3-2-4-6-10/h2-6,9,11,16H,7-8H2,1H3,(H,17,18)(H2,14,15,19)/t9?,11-/m0/s1. The Morgan fingerprint density at radius 2 is 1.89 bits per heavy atom. The van der Waals surface area contributed by atoms with Crippen molar-refractivity contribution in [2.75, 3.05) is 6.54 Å². The Hall–Kier alpha value is -2.08. The summed E-state index contributed by atoms with van der Waals surface area (Å²) in [4.78, 5) is 22.5. The monoisotopic (exact) mass is 266 g/mol.